The molecule has 9 N–H and O–H groups in total. The van der Waals surface area contributed by atoms with Crippen LogP contribution in [-0.2, 0) is 23.7 Å². The van der Waals surface area contributed by atoms with Crippen molar-refractivity contribution in [2.24, 2.45) is 0 Å². The Labute approximate surface area is 533 Å². The molecule has 14 nitrogen and oxygen atoms in total. The minimum atomic E-state index is -1.79. The van der Waals surface area contributed by atoms with E-state index >= 15 is 0 Å². The van der Waals surface area contributed by atoms with E-state index in [9.17, 15) is 45.6 Å². The summed E-state index contributed by atoms with van der Waals surface area (Å²) in [6.45, 7) is 2.68. The highest BCUT2D eigenvalue weighted by Gasteiger charge is 2.51. The Bertz CT molecular complexity index is 1940. The van der Waals surface area contributed by atoms with Gasteiger partial charge in [0.2, 0.25) is 5.91 Å². The molecule has 14 heteroatoms. The van der Waals surface area contributed by atoms with E-state index < -0.39 is 86.8 Å². The molecule has 12 atom stereocenters. The number of amides is 1. The van der Waals surface area contributed by atoms with Gasteiger partial charge in [-0.1, -0.05) is 270 Å². The summed E-state index contributed by atoms with van der Waals surface area (Å²) in [5.74, 6) is -0.250. The summed E-state index contributed by atoms with van der Waals surface area (Å²) in [5, 5.41) is 87.3. The van der Waals surface area contributed by atoms with Crippen molar-refractivity contribution in [2.75, 3.05) is 19.8 Å². The Kier molecular flexibility index (Phi) is 52.4. The van der Waals surface area contributed by atoms with Gasteiger partial charge in [0.05, 0.1) is 32.0 Å². The molecule has 0 aromatic carbocycles. The van der Waals surface area contributed by atoms with Gasteiger partial charge in [-0.15, -0.1) is 0 Å². The third-order valence-corrected chi connectivity index (χ3v) is 16.2. The van der Waals surface area contributed by atoms with E-state index in [0.29, 0.717) is 6.42 Å². The number of aliphatic hydroxyl groups is 8. The standard InChI is InChI=1S/C74H125NO13/c1-3-5-7-9-11-13-15-17-19-21-22-23-24-25-26-27-28-29-30-31-32-33-34-35-36-37-38-39-40-42-44-46-48-50-52-54-56-58-66(79)75-62(63(78)57-55-53-51-49-47-45-43-41-20-18-16-14-12-10-8-6-4-2)61-85-73-71(84)69(82)72(65(60-77)87-73)88-74-70(83)68(81)67(80)64(59-76)86-74/h5,7,11,13,17,19,22-23,25-26,28-29,31-32,34-35,37-38,55,57,62-65,67-74,76-78,80-84H,3-4,6,8-10,12,14-16,18,20-21,24,27,30,33,36,39-54,56,58-61H2,1-2H3,(H,75,79)/b7-5-,13-11-,19-17-,23-22-,26-25-,29-28-,32-31-,35-34-,38-37-,57-55+. The van der Waals surface area contributed by atoms with Crippen LogP contribution in [0.4, 0.5) is 0 Å². The van der Waals surface area contributed by atoms with Crippen LogP contribution in [0.1, 0.15) is 245 Å². The van der Waals surface area contributed by atoms with Crippen LogP contribution in [-0.4, -0.2) is 140 Å². The predicted molar refractivity (Wildman–Crippen MR) is 359 cm³/mol. The molecule has 88 heavy (non-hydrogen) atoms. The van der Waals surface area contributed by atoms with Crippen LogP contribution in [0.25, 0.3) is 0 Å². The van der Waals surface area contributed by atoms with Gasteiger partial charge in [-0.2, -0.15) is 0 Å². The van der Waals surface area contributed by atoms with E-state index in [1.165, 1.54) is 116 Å². The summed E-state index contributed by atoms with van der Waals surface area (Å²) in [7, 11) is 0. The second kappa shape index (κ2) is 57.3. The fourth-order valence-electron chi connectivity index (χ4n) is 10.6. The maximum Gasteiger partial charge on any atom is 0.220 e. The number of carbonyl (C=O) groups is 1. The summed E-state index contributed by atoms with van der Waals surface area (Å²) in [4.78, 5) is 13.3. The lowest BCUT2D eigenvalue weighted by molar-refractivity contribution is -0.359. The third kappa shape index (κ3) is 41.0. The van der Waals surface area contributed by atoms with Crippen molar-refractivity contribution in [3.8, 4) is 0 Å². The summed E-state index contributed by atoms with van der Waals surface area (Å²) in [6, 6.07) is -0.926. The summed E-state index contributed by atoms with van der Waals surface area (Å²) in [6.07, 6.45) is 66.7. The molecular weight excluding hydrogens is 1110 g/mol. The number of ether oxygens (including phenoxy) is 4. The SMILES string of the molecule is CC/C=C\C/C=C\C/C=C\C/C=C\C/C=C\C/C=C\C/C=C\C/C=C\C/C=C\CCCCCCCCCCCC(=O)NC(COC1OC(CO)C(OC2OC(CO)C(O)C(O)C2O)C(O)C1O)C(O)/C=C/CCCCCCCCCCCCCCCCC. The average molecular weight is 1240 g/mol. The van der Waals surface area contributed by atoms with Crippen LogP contribution >= 0.6 is 0 Å². The molecule has 0 aliphatic carbocycles. The number of aliphatic hydroxyl groups excluding tert-OH is 8. The van der Waals surface area contributed by atoms with Crippen LogP contribution in [0.3, 0.4) is 0 Å². The molecule has 0 radical (unpaired) electrons. The Balaban J connectivity index is 1.66. The molecule has 2 rings (SSSR count). The molecule has 504 valence electrons. The number of unbranched alkanes of at least 4 members (excludes halogenated alkanes) is 24. The van der Waals surface area contributed by atoms with Gasteiger partial charge >= 0.3 is 0 Å². The zero-order valence-electron chi connectivity index (χ0n) is 54.7. The maximum absolute atomic E-state index is 13.3. The minimum Gasteiger partial charge on any atom is -0.394 e. The van der Waals surface area contributed by atoms with Crippen LogP contribution in [0.5, 0.6) is 0 Å². The first-order valence-electron chi connectivity index (χ1n) is 34.8. The Morgan fingerprint density at radius 1 is 0.420 bits per heavy atom. The number of allylic oxidation sites excluding steroid dienone is 19. The number of nitrogens with one attached hydrogen (secondary N) is 1. The van der Waals surface area contributed by atoms with E-state index in [4.69, 9.17) is 18.9 Å². The first kappa shape index (κ1) is 80.5. The molecule has 2 saturated heterocycles. The van der Waals surface area contributed by atoms with Gasteiger partial charge in [-0.3, -0.25) is 4.79 Å². The topological polar surface area (TPSA) is 228 Å². The van der Waals surface area contributed by atoms with Gasteiger partial charge < -0.3 is 65.1 Å². The number of rotatable bonds is 55. The molecule has 0 spiro atoms. The minimum absolute atomic E-state index is 0.250. The van der Waals surface area contributed by atoms with E-state index in [1.807, 2.05) is 6.08 Å². The zero-order chi connectivity index (χ0) is 63.8. The second-order valence-electron chi connectivity index (χ2n) is 23.9. The monoisotopic (exact) mass is 1240 g/mol. The zero-order valence-corrected chi connectivity index (χ0v) is 54.7. The van der Waals surface area contributed by atoms with Gasteiger partial charge in [0, 0.05) is 6.42 Å². The quantitative estimate of drug-likeness (QED) is 0.0204. The van der Waals surface area contributed by atoms with Gasteiger partial charge in [-0.25, -0.2) is 0 Å². The van der Waals surface area contributed by atoms with Crippen molar-refractivity contribution < 1.29 is 64.6 Å². The van der Waals surface area contributed by atoms with Gasteiger partial charge in [0.1, 0.15) is 48.8 Å². The van der Waals surface area contributed by atoms with Crippen LogP contribution in [0.15, 0.2) is 122 Å². The van der Waals surface area contributed by atoms with E-state index in [2.05, 4.69) is 129 Å². The highest BCUT2D eigenvalue weighted by Crippen LogP contribution is 2.30. The first-order valence-corrected chi connectivity index (χ1v) is 34.8. The van der Waals surface area contributed by atoms with Gasteiger partial charge in [-0.05, 0) is 89.9 Å². The molecule has 0 bridgehead atoms. The maximum atomic E-state index is 13.3. The summed E-state index contributed by atoms with van der Waals surface area (Å²) >= 11 is 0. The molecular formula is C74H125NO13. The smallest absolute Gasteiger partial charge is 0.220 e. The fraction of sp³-hybridized carbons (Fsp3) is 0.716. The molecule has 2 fully saturated rings. The molecule has 0 aromatic heterocycles. The third-order valence-electron chi connectivity index (χ3n) is 16.2. The van der Waals surface area contributed by atoms with Gasteiger partial charge in [0.15, 0.2) is 12.6 Å². The Morgan fingerprint density at radius 3 is 1.20 bits per heavy atom. The molecule has 1 amide bonds. The second-order valence-corrected chi connectivity index (χ2v) is 23.9. The van der Waals surface area contributed by atoms with Crippen molar-refractivity contribution in [3.05, 3.63) is 122 Å². The van der Waals surface area contributed by atoms with Crippen molar-refractivity contribution in [1.29, 1.82) is 0 Å². The molecule has 0 aromatic rings. The van der Waals surface area contributed by atoms with E-state index in [-0.39, 0.29) is 18.9 Å². The van der Waals surface area contributed by atoms with Crippen LogP contribution < -0.4 is 5.32 Å². The molecule has 0 saturated carbocycles. The first-order chi connectivity index (χ1) is 43.1. The summed E-state index contributed by atoms with van der Waals surface area (Å²) in [5.41, 5.74) is 0. The number of hydrogen-bond acceptors (Lipinski definition) is 13. The van der Waals surface area contributed by atoms with Crippen LogP contribution in [0.2, 0.25) is 0 Å². The van der Waals surface area contributed by atoms with Crippen molar-refractivity contribution >= 4 is 5.91 Å². The highest BCUT2D eigenvalue weighted by atomic mass is 16.7. The number of hydrogen-bond donors (Lipinski definition) is 9. The Morgan fingerprint density at radius 2 is 0.784 bits per heavy atom. The molecule has 2 heterocycles. The molecule has 2 aliphatic heterocycles. The Hall–Kier alpha value is -3.61. The molecule has 2 aliphatic rings. The highest BCUT2D eigenvalue weighted by molar-refractivity contribution is 5.76. The van der Waals surface area contributed by atoms with Crippen molar-refractivity contribution in [1.82, 2.24) is 5.32 Å². The largest absolute Gasteiger partial charge is 0.394 e. The lowest BCUT2D eigenvalue weighted by Gasteiger charge is -2.46. The lowest BCUT2D eigenvalue weighted by Crippen LogP contribution is -2.65. The normalized spacial score (nSPS) is 23.9. The van der Waals surface area contributed by atoms with E-state index in [0.717, 1.165) is 103 Å². The van der Waals surface area contributed by atoms with Crippen molar-refractivity contribution in [3.63, 3.8) is 0 Å². The predicted octanol–water partition coefficient (Wildman–Crippen LogP) is 14.1. The summed E-state index contributed by atoms with van der Waals surface area (Å²) < 4.78 is 22.8. The molecule has 12 unspecified atom stereocenters. The van der Waals surface area contributed by atoms with Gasteiger partial charge in [0.25, 0.3) is 0 Å². The lowest BCUT2D eigenvalue weighted by atomic mass is 9.97. The van der Waals surface area contributed by atoms with Crippen LogP contribution in [0, 0.1) is 0 Å². The fourth-order valence-corrected chi connectivity index (χ4v) is 10.6. The number of carbonyl (C=O) groups excluding carboxylic acids is 1. The average Bonchev–Trinajstić information content (AvgIpc) is 2.07. The van der Waals surface area contributed by atoms with E-state index in [1.54, 1.807) is 6.08 Å². The van der Waals surface area contributed by atoms with Crippen molar-refractivity contribution in [2.45, 2.75) is 319 Å².